The van der Waals surface area contributed by atoms with Gasteiger partial charge in [0.2, 0.25) is 0 Å². The van der Waals surface area contributed by atoms with Gasteiger partial charge in [0.1, 0.15) is 24.2 Å². The average Bonchev–Trinajstić information content (AvgIpc) is 2.91. The Hall–Kier alpha value is -2.01. The third-order valence-electron chi connectivity index (χ3n) is 3.53. The number of hydrogen-bond donors (Lipinski definition) is 0. The maximum atomic E-state index is 12.0. The first-order valence-corrected chi connectivity index (χ1v) is 8.42. The number of rotatable bonds is 8. The number of carbonyl (C=O) groups is 1. The smallest absolute Gasteiger partial charge is 0.334 e. The maximum Gasteiger partial charge on any atom is 0.334 e. The van der Waals surface area contributed by atoms with E-state index < -0.39 is 6.10 Å². The van der Waals surface area contributed by atoms with E-state index in [1.54, 1.807) is 13.2 Å². The Balaban J connectivity index is 2.32. The van der Waals surface area contributed by atoms with Crippen LogP contribution in [0.4, 0.5) is 0 Å². The van der Waals surface area contributed by atoms with Gasteiger partial charge in [0.25, 0.3) is 0 Å². The van der Waals surface area contributed by atoms with E-state index in [9.17, 15) is 4.79 Å². The molecule has 0 saturated heterocycles. The standard InChI is InChI=1S/C19H21BrO4/c1-5-6-7-13-8-17(24-19(13)21)14-9-18(23-11-12(2)3)15(20)10-16(14)22-4/h5,8-10,17H,1-2,6-7,11H2,3-4H3. The summed E-state index contributed by atoms with van der Waals surface area (Å²) in [4.78, 5) is 12.0. The van der Waals surface area contributed by atoms with Crippen molar-refractivity contribution in [3.63, 3.8) is 0 Å². The van der Waals surface area contributed by atoms with Crippen molar-refractivity contribution in [3.8, 4) is 11.5 Å². The van der Waals surface area contributed by atoms with E-state index in [1.165, 1.54) is 0 Å². The lowest BCUT2D eigenvalue weighted by Gasteiger charge is -2.16. The SMILES string of the molecule is C=CCCC1=CC(c2cc(OCC(=C)C)c(Br)cc2OC)OC1=O. The van der Waals surface area contributed by atoms with Crippen LogP contribution in [0.2, 0.25) is 0 Å². The van der Waals surface area contributed by atoms with Gasteiger partial charge in [-0.2, -0.15) is 0 Å². The van der Waals surface area contributed by atoms with E-state index in [0.29, 0.717) is 30.1 Å². The number of hydrogen-bond acceptors (Lipinski definition) is 4. The van der Waals surface area contributed by atoms with Gasteiger partial charge in [-0.05, 0) is 59.5 Å². The Morgan fingerprint density at radius 1 is 1.42 bits per heavy atom. The molecule has 1 heterocycles. The molecule has 1 unspecified atom stereocenters. The van der Waals surface area contributed by atoms with Crippen molar-refractivity contribution in [1.29, 1.82) is 0 Å². The molecular weight excluding hydrogens is 372 g/mol. The van der Waals surface area contributed by atoms with Gasteiger partial charge in [-0.25, -0.2) is 4.79 Å². The molecule has 0 bridgehead atoms. The summed E-state index contributed by atoms with van der Waals surface area (Å²) < 4.78 is 17.4. The van der Waals surface area contributed by atoms with Gasteiger partial charge in [-0.1, -0.05) is 12.7 Å². The predicted molar refractivity (Wildman–Crippen MR) is 97.4 cm³/mol. The summed E-state index contributed by atoms with van der Waals surface area (Å²) in [5.74, 6) is 0.984. The summed E-state index contributed by atoms with van der Waals surface area (Å²) in [5, 5.41) is 0. The molecule has 0 amide bonds. The molecule has 5 heteroatoms. The van der Waals surface area contributed by atoms with Gasteiger partial charge in [0.05, 0.1) is 11.6 Å². The molecule has 1 aromatic rings. The van der Waals surface area contributed by atoms with E-state index in [2.05, 4.69) is 29.1 Å². The molecule has 0 N–H and O–H groups in total. The van der Waals surface area contributed by atoms with Crippen LogP contribution in [0.5, 0.6) is 11.5 Å². The molecular formula is C19H21BrO4. The second-order valence-corrected chi connectivity index (χ2v) is 6.47. The van der Waals surface area contributed by atoms with Crippen molar-refractivity contribution in [2.75, 3.05) is 13.7 Å². The lowest BCUT2D eigenvalue weighted by Crippen LogP contribution is -2.05. The highest BCUT2D eigenvalue weighted by molar-refractivity contribution is 9.10. The molecule has 2 rings (SSSR count). The molecule has 128 valence electrons. The highest BCUT2D eigenvalue weighted by Crippen LogP contribution is 2.40. The Labute approximate surface area is 150 Å². The van der Waals surface area contributed by atoms with Crippen LogP contribution < -0.4 is 9.47 Å². The molecule has 0 saturated carbocycles. The van der Waals surface area contributed by atoms with Crippen LogP contribution in [-0.2, 0) is 9.53 Å². The zero-order valence-electron chi connectivity index (χ0n) is 13.9. The molecule has 0 radical (unpaired) electrons. The monoisotopic (exact) mass is 392 g/mol. The zero-order valence-corrected chi connectivity index (χ0v) is 15.5. The van der Waals surface area contributed by atoms with Crippen molar-refractivity contribution < 1.29 is 19.0 Å². The lowest BCUT2D eigenvalue weighted by atomic mass is 10.0. The van der Waals surface area contributed by atoms with E-state index in [1.807, 2.05) is 25.1 Å². The van der Waals surface area contributed by atoms with Crippen LogP contribution in [0.15, 0.2) is 53.1 Å². The van der Waals surface area contributed by atoms with Crippen LogP contribution in [0, 0.1) is 0 Å². The summed E-state index contributed by atoms with van der Waals surface area (Å²) in [5.41, 5.74) is 2.33. The van der Waals surface area contributed by atoms with Gasteiger partial charge in [0.15, 0.2) is 0 Å². The number of methoxy groups -OCH3 is 1. The van der Waals surface area contributed by atoms with E-state index in [-0.39, 0.29) is 5.97 Å². The second kappa shape index (κ2) is 8.20. The van der Waals surface area contributed by atoms with E-state index >= 15 is 0 Å². The Morgan fingerprint density at radius 2 is 2.17 bits per heavy atom. The molecule has 0 fully saturated rings. The Kier molecular flexibility index (Phi) is 6.26. The molecule has 24 heavy (non-hydrogen) atoms. The van der Waals surface area contributed by atoms with Crippen LogP contribution in [0.1, 0.15) is 31.4 Å². The lowest BCUT2D eigenvalue weighted by molar-refractivity contribution is -0.140. The third kappa shape index (κ3) is 4.29. The zero-order chi connectivity index (χ0) is 17.7. The van der Waals surface area contributed by atoms with E-state index in [0.717, 1.165) is 22.0 Å². The summed E-state index contributed by atoms with van der Waals surface area (Å²) in [7, 11) is 1.58. The third-order valence-corrected chi connectivity index (χ3v) is 4.15. The first-order chi connectivity index (χ1) is 11.5. The van der Waals surface area contributed by atoms with Crippen molar-refractivity contribution in [1.82, 2.24) is 0 Å². The van der Waals surface area contributed by atoms with Crippen molar-refractivity contribution in [2.24, 2.45) is 0 Å². The highest BCUT2D eigenvalue weighted by atomic mass is 79.9. The van der Waals surface area contributed by atoms with Gasteiger partial charge in [0, 0.05) is 11.1 Å². The quantitative estimate of drug-likeness (QED) is 0.465. The van der Waals surface area contributed by atoms with Gasteiger partial charge in [-0.15, -0.1) is 6.58 Å². The second-order valence-electron chi connectivity index (χ2n) is 5.62. The number of carbonyl (C=O) groups excluding carboxylic acids is 1. The minimum atomic E-state index is -0.479. The van der Waals surface area contributed by atoms with Crippen molar-refractivity contribution in [2.45, 2.75) is 25.9 Å². The number of benzene rings is 1. The predicted octanol–water partition coefficient (Wildman–Crippen LogP) is 4.90. The number of halogens is 1. The summed E-state index contributed by atoms with van der Waals surface area (Å²) >= 11 is 3.47. The van der Waals surface area contributed by atoms with Gasteiger partial charge < -0.3 is 14.2 Å². The topological polar surface area (TPSA) is 44.8 Å². The maximum absolute atomic E-state index is 12.0. The van der Waals surface area contributed by atoms with Crippen LogP contribution in [0.3, 0.4) is 0 Å². The molecule has 1 aliphatic rings. The molecule has 0 spiro atoms. The van der Waals surface area contributed by atoms with E-state index in [4.69, 9.17) is 14.2 Å². The number of allylic oxidation sites excluding steroid dienone is 1. The molecule has 4 nitrogen and oxygen atoms in total. The average molecular weight is 393 g/mol. The number of cyclic esters (lactones) is 1. The fourth-order valence-electron chi connectivity index (χ4n) is 2.33. The first-order valence-electron chi connectivity index (χ1n) is 7.63. The highest BCUT2D eigenvalue weighted by Gasteiger charge is 2.29. The van der Waals surface area contributed by atoms with Gasteiger partial charge >= 0.3 is 5.97 Å². The molecule has 1 aliphatic heterocycles. The van der Waals surface area contributed by atoms with Crippen LogP contribution in [-0.4, -0.2) is 19.7 Å². The minimum absolute atomic E-state index is 0.295. The largest absolute Gasteiger partial charge is 0.496 e. The summed E-state index contributed by atoms with van der Waals surface area (Å²) in [6.07, 6.45) is 4.49. The molecule has 1 aromatic carbocycles. The first kappa shape index (κ1) is 18.3. The Morgan fingerprint density at radius 3 is 2.79 bits per heavy atom. The number of esters is 1. The summed E-state index contributed by atoms with van der Waals surface area (Å²) in [6, 6.07) is 3.64. The van der Waals surface area contributed by atoms with Crippen molar-refractivity contribution >= 4 is 21.9 Å². The molecule has 1 atom stereocenters. The van der Waals surface area contributed by atoms with Gasteiger partial charge in [-0.3, -0.25) is 0 Å². The fourth-order valence-corrected chi connectivity index (χ4v) is 2.77. The number of ether oxygens (including phenoxy) is 3. The minimum Gasteiger partial charge on any atom is -0.496 e. The molecule has 0 aliphatic carbocycles. The normalized spacial score (nSPS) is 16.4. The summed E-state index contributed by atoms with van der Waals surface area (Å²) in [6.45, 7) is 9.82. The van der Waals surface area contributed by atoms with Crippen LogP contribution in [0.25, 0.3) is 0 Å². The molecule has 0 aromatic heterocycles. The fraction of sp³-hybridized carbons (Fsp3) is 0.316. The Bertz CT molecular complexity index is 691. The van der Waals surface area contributed by atoms with Crippen molar-refractivity contribution in [3.05, 3.63) is 58.6 Å². The van der Waals surface area contributed by atoms with Crippen LogP contribution >= 0.6 is 15.9 Å².